The van der Waals surface area contributed by atoms with Crippen molar-refractivity contribution in [3.63, 3.8) is 0 Å². The fraction of sp³-hybridized carbons (Fsp3) is 0.550. The Kier molecular flexibility index (Phi) is 8.21. The number of pyridine rings is 1. The zero-order valence-corrected chi connectivity index (χ0v) is 18.7. The molecule has 1 heterocycles. The molecule has 0 spiro atoms. The van der Waals surface area contributed by atoms with Gasteiger partial charge in [0.25, 0.3) is 0 Å². The molecule has 1 aromatic rings. The first kappa shape index (κ1) is 24.4. The number of alkyl carbamates (subject to hydrolysis) is 1. The molecule has 1 saturated carbocycles. The van der Waals surface area contributed by atoms with Crippen LogP contribution in [-0.2, 0) is 19.1 Å². The van der Waals surface area contributed by atoms with Crippen molar-refractivity contribution < 1.29 is 23.9 Å². The number of amides is 4. The molecular formula is C20H28ClN5O5. The lowest BCUT2D eigenvalue weighted by Gasteiger charge is -2.36. The highest BCUT2D eigenvalue weighted by Gasteiger charge is 2.37. The summed E-state index contributed by atoms with van der Waals surface area (Å²) in [6.07, 6.45) is 1.87. The van der Waals surface area contributed by atoms with Crippen LogP contribution in [0.25, 0.3) is 0 Å². The Labute approximate surface area is 185 Å². The van der Waals surface area contributed by atoms with Crippen LogP contribution in [0.3, 0.4) is 0 Å². The van der Waals surface area contributed by atoms with Gasteiger partial charge in [0, 0.05) is 25.2 Å². The maximum absolute atomic E-state index is 12.4. The number of aromatic nitrogens is 1. The van der Waals surface area contributed by atoms with Gasteiger partial charge in [0.15, 0.2) is 0 Å². The summed E-state index contributed by atoms with van der Waals surface area (Å²) in [5.41, 5.74) is -0.705. The number of nitrogens with one attached hydrogen (secondary N) is 4. The lowest BCUT2D eigenvalue weighted by atomic mass is 9.81. The molecule has 1 fully saturated rings. The summed E-state index contributed by atoms with van der Waals surface area (Å²) in [4.78, 5) is 52.9. The third-order valence-electron chi connectivity index (χ3n) is 4.66. The second-order valence-electron chi connectivity index (χ2n) is 8.27. The number of carbonyl (C=O) groups excluding carboxylic acids is 4. The Morgan fingerprint density at radius 2 is 1.77 bits per heavy atom. The van der Waals surface area contributed by atoms with Crippen LogP contribution in [0.4, 0.5) is 10.6 Å². The van der Waals surface area contributed by atoms with Gasteiger partial charge in [0.1, 0.15) is 11.4 Å². The van der Waals surface area contributed by atoms with Crippen molar-refractivity contribution in [3.05, 3.63) is 23.4 Å². The molecule has 4 N–H and O–H groups in total. The molecule has 3 atom stereocenters. The first-order valence-corrected chi connectivity index (χ1v) is 10.3. The van der Waals surface area contributed by atoms with E-state index in [-0.39, 0.29) is 17.6 Å². The lowest BCUT2D eigenvalue weighted by molar-refractivity contribution is -0.137. The van der Waals surface area contributed by atoms with E-state index in [1.54, 1.807) is 27.8 Å². The molecule has 1 aliphatic carbocycles. The van der Waals surface area contributed by atoms with E-state index in [0.29, 0.717) is 24.3 Å². The Morgan fingerprint density at radius 3 is 2.35 bits per heavy atom. The topological polar surface area (TPSA) is 139 Å². The van der Waals surface area contributed by atoms with Crippen molar-refractivity contribution in [1.29, 1.82) is 0 Å². The molecule has 0 bridgehead atoms. The van der Waals surface area contributed by atoms with Crippen LogP contribution < -0.4 is 21.3 Å². The van der Waals surface area contributed by atoms with Crippen molar-refractivity contribution in [2.24, 2.45) is 5.92 Å². The third kappa shape index (κ3) is 7.71. The van der Waals surface area contributed by atoms with Crippen LogP contribution >= 0.6 is 11.6 Å². The van der Waals surface area contributed by atoms with Gasteiger partial charge in [-0.3, -0.25) is 14.4 Å². The van der Waals surface area contributed by atoms with E-state index in [0.717, 1.165) is 0 Å². The van der Waals surface area contributed by atoms with Gasteiger partial charge in [-0.2, -0.15) is 0 Å². The Hall–Kier alpha value is -2.88. The molecule has 0 unspecified atom stereocenters. The predicted octanol–water partition coefficient (Wildman–Crippen LogP) is 1.60. The van der Waals surface area contributed by atoms with Gasteiger partial charge in [-0.05, 0) is 52.2 Å². The summed E-state index contributed by atoms with van der Waals surface area (Å²) in [6, 6.07) is 1.86. The Morgan fingerprint density at radius 1 is 1.06 bits per heavy atom. The highest BCUT2D eigenvalue weighted by molar-refractivity contribution is 6.39. The molecule has 11 heteroatoms. The van der Waals surface area contributed by atoms with Crippen LogP contribution in [0.1, 0.15) is 40.0 Å². The minimum absolute atomic E-state index is 0.146. The van der Waals surface area contributed by atoms with Crippen LogP contribution in [0.5, 0.6) is 0 Å². The fourth-order valence-electron chi connectivity index (χ4n) is 3.26. The third-order valence-corrected chi connectivity index (χ3v) is 4.88. The maximum atomic E-state index is 12.4. The van der Waals surface area contributed by atoms with Crippen molar-refractivity contribution in [2.75, 3.05) is 12.4 Å². The van der Waals surface area contributed by atoms with Gasteiger partial charge in [-0.15, -0.1) is 0 Å². The first-order chi connectivity index (χ1) is 14.5. The highest BCUT2D eigenvalue weighted by Crippen LogP contribution is 2.25. The molecule has 31 heavy (non-hydrogen) atoms. The van der Waals surface area contributed by atoms with Gasteiger partial charge in [-0.1, -0.05) is 11.6 Å². The van der Waals surface area contributed by atoms with Crippen molar-refractivity contribution in [1.82, 2.24) is 20.9 Å². The summed E-state index contributed by atoms with van der Waals surface area (Å²) in [7, 11) is 1.54. The summed E-state index contributed by atoms with van der Waals surface area (Å²) < 4.78 is 5.29. The average Bonchev–Trinajstić information content (AvgIpc) is 2.68. The normalized spacial score (nSPS) is 20.9. The van der Waals surface area contributed by atoms with Crippen LogP contribution in [0.15, 0.2) is 18.3 Å². The van der Waals surface area contributed by atoms with E-state index in [1.807, 2.05) is 0 Å². The number of halogens is 1. The second kappa shape index (κ2) is 10.4. The van der Waals surface area contributed by atoms with Crippen molar-refractivity contribution >= 4 is 41.2 Å². The summed E-state index contributed by atoms with van der Waals surface area (Å²) in [6.45, 7) is 5.19. The van der Waals surface area contributed by atoms with Crippen molar-refractivity contribution in [2.45, 2.75) is 57.7 Å². The number of hydrogen-bond acceptors (Lipinski definition) is 6. The molecule has 0 aliphatic heterocycles. The summed E-state index contributed by atoms with van der Waals surface area (Å²) in [5, 5.41) is 10.7. The van der Waals surface area contributed by atoms with E-state index in [4.69, 9.17) is 16.3 Å². The number of rotatable bonds is 4. The number of carbonyl (C=O) groups is 4. The van der Waals surface area contributed by atoms with Gasteiger partial charge in [0.2, 0.25) is 5.91 Å². The monoisotopic (exact) mass is 453 g/mol. The molecule has 4 amide bonds. The molecule has 2 rings (SSSR count). The van der Waals surface area contributed by atoms with E-state index in [9.17, 15) is 19.2 Å². The van der Waals surface area contributed by atoms with Crippen molar-refractivity contribution in [3.8, 4) is 0 Å². The van der Waals surface area contributed by atoms with Crippen LogP contribution in [0, 0.1) is 5.92 Å². The van der Waals surface area contributed by atoms with Gasteiger partial charge in [-0.25, -0.2) is 9.78 Å². The van der Waals surface area contributed by atoms with E-state index in [1.165, 1.54) is 18.3 Å². The fourth-order valence-corrected chi connectivity index (χ4v) is 3.37. The molecular weight excluding hydrogens is 426 g/mol. The van der Waals surface area contributed by atoms with E-state index in [2.05, 4.69) is 26.3 Å². The largest absolute Gasteiger partial charge is 0.444 e. The van der Waals surface area contributed by atoms with Gasteiger partial charge < -0.3 is 26.0 Å². The molecule has 10 nitrogen and oxygen atoms in total. The minimum Gasteiger partial charge on any atom is -0.444 e. The molecule has 0 aromatic carbocycles. The lowest BCUT2D eigenvalue weighted by Crippen LogP contribution is -2.57. The first-order valence-electron chi connectivity index (χ1n) is 9.93. The Balaban J connectivity index is 2.04. The molecule has 0 saturated heterocycles. The maximum Gasteiger partial charge on any atom is 0.407 e. The van der Waals surface area contributed by atoms with Crippen LogP contribution in [-0.4, -0.2) is 53.5 Å². The van der Waals surface area contributed by atoms with Crippen LogP contribution in [0.2, 0.25) is 5.02 Å². The zero-order chi connectivity index (χ0) is 23.2. The number of anilines is 1. The zero-order valence-electron chi connectivity index (χ0n) is 18.0. The number of nitrogens with zero attached hydrogens (tertiary/aromatic N) is 1. The second-order valence-corrected chi connectivity index (χ2v) is 8.71. The minimum atomic E-state index is -0.903. The number of ether oxygens (including phenoxy) is 1. The number of hydrogen-bond donors (Lipinski definition) is 4. The smallest absolute Gasteiger partial charge is 0.407 e. The van der Waals surface area contributed by atoms with E-state index >= 15 is 0 Å². The van der Waals surface area contributed by atoms with Gasteiger partial charge in [0.05, 0.1) is 11.1 Å². The molecule has 170 valence electrons. The molecule has 1 aliphatic rings. The average molecular weight is 454 g/mol. The van der Waals surface area contributed by atoms with E-state index < -0.39 is 35.6 Å². The summed E-state index contributed by atoms with van der Waals surface area (Å²) >= 11 is 5.75. The molecule has 0 radical (unpaired) electrons. The summed E-state index contributed by atoms with van der Waals surface area (Å²) in [5.74, 6) is -2.08. The Bertz CT molecular complexity index is 824. The van der Waals surface area contributed by atoms with Gasteiger partial charge >= 0.3 is 17.9 Å². The highest BCUT2D eigenvalue weighted by atomic mass is 35.5. The SMILES string of the molecule is CNC(=O)[C@H]1CC[C@H](NC(=O)C(=O)Nc2ccc(Cl)cn2)[C@H](NC(=O)OC(C)(C)C)C1. The quantitative estimate of drug-likeness (QED) is 0.511. The molecule has 1 aromatic heterocycles. The predicted molar refractivity (Wildman–Crippen MR) is 114 cm³/mol. The standard InChI is InChI=1S/C20H28ClN5O5/c1-20(2,3)31-19(30)25-14-9-11(16(27)22-4)5-7-13(14)24-17(28)18(29)26-15-8-6-12(21)10-23-15/h6,8,10-11,13-14H,5,7,9H2,1-4H3,(H,22,27)(H,24,28)(H,25,30)(H,23,26,29)/t11-,13-,14+/m0/s1.